The van der Waals surface area contributed by atoms with Crippen LogP contribution < -0.4 is 0 Å². The van der Waals surface area contributed by atoms with Gasteiger partial charge < -0.3 is 0 Å². The number of hydrogen-bond acceptors (Lipinski definition) is 1. The minimum atomic E-state index is 0.662. The van der Waals surface area contributed by atoms with E-state index in [0.717, 1.165) is 5.92 Å². The third-order valence-electron chi connectivity index (χ3n) is 2.12. The van der Waals surface area contributed by atoms with E-state index < -0.39 is 0 Å². The summed E-state index contributed by atoms with van der Waals surface area (Å²) in [4.78, 5) is 0. The van der Waals surface area contributed by atoms with Crippen molar-refractivity contribution >= 4 is 17.6 Å². The summed E-state index contributed by atoms with van der Waals surface area (Å²) in [5, 5.41) is 1.93. The molecule has 0 fully saturated rings. The molecule has 1 heteroatoms. The van der Waals surface area contributed by atoms with Crippen LogP contribution in [0.5, 0.6) is 0 Å². The van der Waals surface area contributed by atoms with Gasteiger partial charge in [0.15, 0.2) is 0 Å². The molecule has 60 valence electrons. The molecule has 0 aromatic rings. The Labute approximate surface area is 70.0 Å². The van der Waals surface area contributed by atoms with Gasteiger partial charge in [-0.25, -0.2) is 0 Å². The van der Waals surface area contributed by atoms with Gasteiger partial charge in [-0.1, -0.05) is 45.8 Å². The largest absolute Gasteiger partial charge is 0.0932 e. The number of hydrogen-bond donors (Lipinski definition) is 0. The van der Waals surface area contributed by atoms with Crippen molar-refractivity contribution in [2.45, 2.75) is 40.0 Å². The Bertz CT molecular complexity index is 88.7. The van der Waals surface area contributed by atoms with E-state index in [-0.39, 0.29) is 0 Å². The molecule has 0 heterocycles. The molecule has 2 unspecified atom stereocenters. The number of thiocarbonyl (C=S) groups is 1. The summed E-state index contributed by atoms with van der Waals surface area (Å²) >= 11 is 4.94. The fourth-order valence-electron chi connectivity index (χ4n) is 1.30. The predicted molar refractivity (Wildman–Crippen MR) is 51.5 cm³/mol. The Morgan fingerprint density at radius 3 is 2.30 bits per heavy atom. The van der Waals surface area contributed by atoms with Crippen LogP contribution in [0, 0.1) is 11.8 Å². The second-order valence-corrected chi connectivity index (χ2v) is 3.25. The zero-order valence-corrected chi connectivity index (χ0v) is 8.08. The van der Waals surface area contributed by atoms with Crippen LogP contribution >= 0.6 is 12.2 Å². The summed E-state index contributed by atoms with van der Waals surface area (Å²) in [5.74, 6) is 1.45. The molecular formula is C9H18S. The Morgan fingerprint density at radius 2 is 2.00 bits per heavy atom. The van der Waals surface area contributed by atoms with E-state index >= 15 is 0 Å². The van der Waals surface area contributed by atoms with E-state index in [0.29, 0.717) is 5.92 Å². The molecule has 0 saturated heterocycles. The molecule has 0 saturated carbocycles. The molecule has 0 aromatic carbocycles. The summed E-state index contributed by atoms with van der Waals surface area (Å²) in [5.41, 5.74) is 0. The maximum Gasteiger partial charge on any atom is -0.0105 e. The Morgan fingerprint density at radius 1 is 1.40 bits per heavy atom. The SMILES string of the molecule is CCCC(C)C(C=S)CC. The van der Waals surface area contributed by atoms with Gasteiger partial charge in [-0.2, -0.15) is 0 Å². The first-order chi connectivity index (χ1) is 4.76. The molecule has 0 N–H and O–H groups in total. The number of rotatable bonds is 5. The van der Waals surface area contributed by atoms with Crippen molar-refractivity contribution in [2.75, 3.05) is 0 Å². The topological polar surface area (TPSA) is 0 Å². The Kier molecular flexibility index (Phi) is 5.90. The zero-order valence-electron chi connectivity index (χ0n) is 7.26. The average Bonchev–Trinajstić information content (AvgIpc) is 1.91. The highest BCUT2D eigenvalue weighted by Crippen LogP contribution is 2.18. The van der Waals surface area contributed by atoms with E-state index in [1.165, 1.54) is 19.3 Å². The molecule has 0 aliphatic rings. The lowest BCUT2D eigenvalue weighted by Crippen LogP contribution is -2.10. The van der Waals surface area contributed by atoms with Gasteiger partial charge in [0, 0.05) is 0 Å². The van der Waals surface area contributed by atoms with Crippen LogP contribution in [-0.2, 0) is 0 Å². The van der Waals surface area contributed by atoms with Gasteiger partial charge in [0.1, 0.15) is 0 Å². The predicted octanol–water partition coefficient (Wildman–Crippen LogP) is 3.45. The monoisotopic (exact) mass is 158 g/mol. The summed E-state index contributed by atoms with van der Waals surface area (Å²) in [6.45, 7) is 6.73. The molecule has 0 aliphatic heterocycles. The van der Waals surface area contributed by atoms with Gasteiger partial charge in [0.25, 0.3) is 0 Å². The van der Waals surface area contributed by atoms with Crippen molar-refractivity contribution in [3.05, 3.63) is 0 Å². The van der Waals surface area contributed by atoms with Gasteiger partial charge in [0.2, 0.25) is 0 Å². The molecule has 2 atom stereocenters. The lowest BCUT2D eigenvalue weighted by atomic mass is 9.90. The van der Waals surface area contributed by atoms with Gasteiger partial charge in [-0.05, 0) is 23.6 Å². The van der Waals surface area contributed by atoms with Crippen molar-refractivity contribution < 1.29 is 0 Å². The van der Waals surface area contributed by atoms with E-state index in [1.54, 1.807) is 0 Å². The van der Waals surface area contributed by atoms with Crippen LogP contribution in [0.3, 0.4) is 0 Å². The minimum Gasteiger partial charge on any atom is -0.0932 e. The van der Waals surface area contributed by atoms with Crippen molar-refractivity contribution in [1.82, 2.24) is 0 Å². The molecule has 0 aliphatic carbocycles. The second kappa shape index (κ2) is 5.84. The maximum atomic E-state index is 4.94. The molecule has 0 amide bonds. The van der Waals surface area contributed by atoms with Crippen molar-refractivity contribution in [2.24, 2.45) is 11.8 Å². The van der Waals surface area contributed by atoms with Gasteiger partial charge in [-0.3, -0.25) is 0 Å². The summed E-state index contributed by atoms with van der Waals surface area (Å²) in [6, 6.07) is 0. The third kappa shape index (κ3) is 3.31. The van der Waals surface area contributed by atoms with Crippen LogP contribution in [0.25, 0.3) is 0 Å². The normalized spacial score (nSPS) is 16.3. The molecule has 0 rings (SSSR count). The fourth-order valence-corrected chi connectivity index (χ4v) is 1.76. The van der Waals surface area contributed by atoms with E-state index in [1.807, 2.05) is 5.37 Å². The van der Waals surface area contributed by atoms with Gasteiger partial charge in [0.05, 0.1) is 0 Å². The zero-order chi connectivity index (χ0) is 7.98. The van der Waals surface area contributed by atoms with Crippen LogP contribution in [0.2, 0.25) is 0 Å². The standard InChI is InChI=1S/C9H18S/c1-4-6-8(3)9(5-2)7-10/h7-9H,4-6H2,1-3H3. The molecule has 10 heavy (non-hydrogen) atoms. The summed E-state index contributed by atoms with van der Waals surface area (Å²) in [6.07, 6.45) is 3.79. The van der Waals surface area contributed by atoms with Crippen molar-refractivity contribution in [3.63, 3.8) is 0 Å². The first-order valence-electron chi connectivity index (χ1n) is 4.21. The van der Waals surface area contributed by atoms with Crippen LogP contribution in [0.4, 0.5) is 0 Å². The first-order valence-corrected chi connectivity index (χ1v) is 4.68. The molecule has 0 radical (unpaired) electrons. The van der Waals surface area contributed by atoms with Crippen LogP contribution in [0.15, 0.2) is 0 Å². The Hall–Kier alpha value is 0.0900. The molecular weight excluding hydrogens is 140 g/mol. The lowest BCUT2D eigenvalue weighted by Gasteiger charge is -2.16. The smallest absolute Gasteiger partial charge is 0.0105 e. The third-order valence-corrected chi connectivity index (χ3v) is 2.47. The fraction of sp³-hybridized carbons (Fsp3) is 0.889. The highest BCUT2D eigenvalue weighted by Gasteiger charge is 2.10. The molecule has 0 nitrogen and oxygen atoms in total. The summed E-state index contributed by atoms with van der Waals surface area (Å²) in [7, 11) is 0. The summed E-state index contributed by atoms with van der Waals surface area (Å²) < 4.78 is 0. The van der Waals surface area contributed by atoms with Gasteiger partial charge >= 0.3 is 0 Å². The van der Waals surface area contributed by atoms with Gasteiger partial charge in [-0.15, -0.1) is 0 Å². The van der Waals surface area contributed by atoms with E-state index in [9.17, 15) is 0 Å². The molecule has 0 spiro atoms. The highest BCUT2D eigenvalue weighted by atomic mass is 32.1. The maximum absolute atomic E-state index is 4.94. The highest BCUT2D eigenvalue weighted by molar-refractivity contribution is 7.79. The average molecular weight is 158 g/mol. The van der Waals surface area contributed by atoms with Crippen molar-refractivity contribution in [1.29, 1.82) is 0 Å². The second-order valence-electron chi connectivity index (χ2n) is 2.97. The first kappa shape index (κ1) is 10.1. The Balaban J connectivity index is 3.63. The van der Waals surface area contributed by atoms with Crippen LogP contribution in [-0.4, -0.2) is 5.37 Å². The lowest BCUT2D eigenvalue weighted by molar-refractivity contribution is 0.418. The van der Waals surface area contributed by atoms with Crippen molar-refractivity contribution in [3.8, 4) is 0 Å². The van der Waals surface area contributed by atoms with Crippen LogP contribution in [0.1, 0.15) is 40.0 Å². The minimum absolute atomic E-state index is 0.662. The van der Waals surface area contributed by atoms with E-state index in [4.69, 9.17) is 12.2 Å². The quantitative estimate of drug-likeness (QED) is 0.552. The molecule has 0 aromatic heterocycles. The molecule has 0 bridgehead atoms. The van der Waals surface area contributed by atoms with E-state index in [2.05, 4.69) is 20.8 Å².